The molecule has 9 heteroatoms. The predicted molar refractivity (Wildman–Crippen MR) is 126 cm³/mol. The van der Waals surface area contributed by atoms with E-state index in [4.69, 9.17) is 14.2 Å². The third kappa shape index (κ3) is 3.07. The predicted octanol–water partition coefficient (Wildman–Crippen LogP) is 3.21. The Morgan fingerprint density at radius 3 is 2.44 bits per heavy atom. The lowest BCUT2D eigenvalue weighted by atomic mass is 9.77. The maximum Gasteiger partial charge on any atom is 0.261 e. The number of amides is 1. The molecule has 0 radical (unpaired) electrons. The number of ether oxygens (including phenoxy) is 3. The van der Waals surface area contributed by atoms with Gasteiger partial charge in [-0.1, -0.05) is 6.07 Å². The first-order valence-corrected chi connectivity index (χ1v) is 11.1. The Morgan fingerprint density at radius 2 is 1.85 bits per heavy atom. The van der Waals surface area contributed by atoms with Gasteiger partial charge in [0.05, 0.1) is 55.3 Å². The molecule has 9 nitrogen and oxygen atoms in total. The van der Waals surface area contributed by atoms with E-state index in [0.29, 0.717) is 30.2 Å². The largest absolute Gasteiger partial charge is 0.496 e. The van der Waals surface area contributed by atoms with Gasteiger partial charge in [-0.05, 0) is 24.6 Å². The third-order valence-electron chi connectivity index (χ3n) is 6.83. The molecule has 1 spiro atoms. The Bertz CT molecular complexity index is 1380. The van der Waals surface area contributed by atoms with Crippen LogP contribution in [0.5, 0.6) is 11.5 Å². The monoisotopic (exact) mass is 459 g/mol. The molecule has 0 aliphatic carbocycles. The first-order valence-electron chi connectivity index (χ1n) is 11.1. The van der Waals surface area contributed by atoms with Crippen LogP contribution in [0.1, 0.15) is 16.1 Å². The number of H-pyrrole nitrogens is 1. The highest BCUT2D eigenvalue weighted by atomic mass is 16.5. The quantitative estimate of drug-likeness (QED) is 0.493. The summed E-state index contributed by atoms with van der Waals surface area (Å²) in [6.45, 7) is 4.81. The molecule has 2 aromatic heterocycles. The van der Waals surface area contributed by atoms with E-state index in [-0.39, 0.29) is 11.3 Å². The first kappa shape index (κ1) is 20.7. The van der Waals surface area contributed by atoms with E-state index in [0.717, 1.165) is 46.8 Å². The summed E-state index contributed by atoms with van der Waals surface area (Å²) in [6.07, 6.45) is 3.65. The number of nitrogens with zero attached hydrogens (tertiary/aromatic N) is 4. The van der Waals surface area contributed by atoms with Gasteiger partial charge in [0.15, 0.2) is 0 Å². The fourth-order valence-electron chi connectivity index (χ4n) is 4.92. The number of aromatic nitrogens is 4. The minimum absolute atomic E-state index is 0.0895. The van der Waals surface area contributed by atoms with E-state index in [1.54, 1.807) is 20.5 Å². The minimum Gasteiger partial charge on any atom is -0.496 e. The molecule has 1 N–H and O–H groups in total. The summed E-state index contributed by atoms with van der Waals surface area (Å²) in [4.78, 5) is 19.7. The van der Waals surface area contributed by atoms with Crippen molar-refractivity contribution in [2.24, 2.45) is 5.41 Å². The number of rotatable bonds is 5. The lowest BCUT2D eigenvalue weighted by Gasteiger charge is -2.54. The molecule has 2 fully saturated rings. The molecule has 4 heterocycles. The van der Waals surface area contributed by atoms with Gasteiger partial charge in [0.1, 0.15) is 23.4 Å². The van der Waals surface area contributed by atoms with E-state index < -0.39 is 0 Å². The van der Waals surface area contributed by atoms with Crippen LogP contribution >= 0.6 is 0 Å². The molecule has 1 amide bonds. The summed E-state index contributed by atoms with van der Waals surface area (Å²) >= 11 is 0. The smallest absolute Gasteiger partial charge is 0.261 e. The molecule has 0 unspecified atom stereocenters. The Morgan fingerprint density at radius 1 is 1.12 bits per heavy atom. The van der Waals surface area contributed by atoms with Gasteiger partial charge in [-0.25, -0.2) is 4.98 Å². The molecule has 34 heavy (non-hydrogen) atoms. The number of benzene rings is 2. The normalized spacial score (nSPS) is 16.4. The zero-order valence-electron chi connectivity index (χ0n) is 19.3. The third-order valence-corrected chi connectivity index (χ3v) is 6.83. The van der Waals surface area contributed by atoms with Crippen LogP contribution in [0.25, 0.3) is 27.8 Å². The van der Waals surface area contributed by atoms with Crippen molar-refractivity contribution in [2.75, 3.05) is 40.5 Å². The second-order valence-corrected chi connectivity index (χ2v) is 9.08. The number of hydrogen-bond acceptors (Lipinski definition) is 6. The number of likely N-dealkylation sites (tertiary alicyclic amines) is 1. The number of aryl methyl sites for hydroxylation is 1. The molecule has 2 aliphatic heterocycles. The van der Waals surface area contributed by atoms with Gasteiger partial charge in [0.25, 0.3) is 5.91 Å². The highest BCUT2D eigenvalue weighted by Crippen LogP contribution is 2.41. The lowest BCUT2D eigenvalue weighted by Crippen LogP contribution is -2.67. The van der Waals surface area contributed by atoms with Gasteiger partial charge in [-0.15, -0.1) is 0 Å². The zero-order chi connectivity index (χ0) is 23.4. The molecule has 0 saturated carbocycles. The molecule has 6 rings (SSSR count). The molecule has 174 valence electrons. The average Bonchev–Trinajstić information content (AvgIpc) is 3.41. The van der Waals surface area contributed by atoms with Crippen LogP contribution in [-0.2, 0) is 4.74 Å². The molecule has 2 saturated heterocycles. The SMILES string of the molecule is COc1cc(-n2cnc3cc(-c4c[nH]nc4C)ccc32)cc(OC)c1C(=O)N1CC2(COC2)C1. The van der Waals surface area contributed by atoms with Crippen LogP contribution in [0.3, 0.4) is 0 Å². The molecule has 0 bridgehead atoms. The highest BCUT2D eigenvalue weighted by Gasteiger charge is 2.51. The van der Waals surface area contributed by atoms with Gasteiger partial charge < -0.3 is 19.1 Å². The van der Waals surface area contributed by atoms with E-state index in [1.165, 1.54) is 0 Å². The van der Waals surface area contributed by atoms with Gasteiger partial charge >= 0.3 is 0 Å². The number of hydrogen-bond donors (Lipinski definition) is 1. The Hall–Kier alpha value is -3.85. The van der Waals surface area contributed by atoms with Crippen LogP contribution in [-0.4, -0.2) is 71.1 Å². The molecular formula is C25H25N5O4. The number of fused-ring (bicyclic) bond motifs is 1. The molecular weight excluding hydrogens is 434 g/mol. The Kier molecular flexibility index (Phi) is 4.63. The van der Waals surface area contributed by atoms with Crippen molar-refractivity contribution >= 4 is 16.9 Å². The van der Waals surface area contributed by atoms with E-state index in [2.05, 4.69) is 21.2 Å². The molecule has 2 aliphatic rings. The van der Waals surface area contributed by atoms with Crippen molar-refractivity contribution in [2.45, 2.75) is 6.92 Å². The van der Waals surface area contributed by atoms with Crippen LogP contribution in [0.2, 0.25) is 0 Å². The zero-order valence-corrected chi connectivity index (χ0v) is 19.3. The van der Waals surface area contributed by atoms with E-state index in [9.17, 15) is 4.79 Å². The molecule has 0 atom stereocenters. The summed E-state index contributed by atoms with van der Waals surface area (Å²) in [6, 6.07) is 9.83. The minimum atomic E-state index is -0.0895. The van der Waals surface area contributed by atoms with Gasteiger partial charge in [0.2, 0.25) is 0 Å². The van der Waals surface area contributed by atoms with Gasteiger partial charge in [-0.2, -0.15) is 5.10 Å². The number of carbonyl (C=O) groups is 1. The number of aromatic amines is 1. The summed E-state index contributed by atoms with van der Waals surface area (Å²) in [5.41, 5.74) is 6.19. The number of nitrogens with one attached hydrogen (secondary N) is 1. The summed E-state index contributed by atoms with van der Waals surface area (Å²) < 4.78 is 18.6. The van der Waals surface area contributed by atoms with Crippen LogP contribution in [0, 0.1) is 12.3 Å². The van der Waals surface area contributed by atoms with Crippen LogP contribution in [0.4, 0.5) is 0 Å². The number of imidazole rings is 1. The topological polar surface area (TPSA) is 94.5 Å². The fourth-order valence-corrected chi connectivity index (χ4v) is 4.92. The maximum atomic E-state index is 13.3. The Labute approximate surface area is 196 Å². The second-order valence-electron chi connectivity index (χ2n) is 9.08. The van der Waals surface area contributed by atoms with Crippen molar-refractivity contribution in [3.05, 3.63) is 54.1 Å². The Balaban J connectivity index is 1.37. The maximum absolute atomic E-state index is 13.3. The van der Waals surface area contributed by atoms with Crippen molar-refractivity contribution in [3.63, 3.8) is 0 Å². The van der Waals surface area contributed by atoms with E-state index in [1.807, 2.05) is 46.9 Å². The van der Waals surface area contributed by atoms with Crippen molar-refractivity contribution in [3.8, 4) is 28.3 Å². The van der Waals surface area contributed by atoms with E-state index >= 15 is 0 Å². The molecule has 4 aromatic rings. The fraction of sp³-hybridized carbons (Fsp3) is 0.320. The van der Waals surface area contributed by atoms with Crippen LogP contribution in [0.15, 0.2) is 42.9 Å². The summed E-state index contributed by atoms with van der Waals surface area (Å²) in [5, 5.41) is 7.11. The second kappa shape index (κ2) is 7.59. The first-order chi connectivity index (χ1) is 16.5. The van der Waals surface area contributed by atoms with Crippen molar-refractivity contribution in [1.82, 2.24) is 24.6 Å². The molecule has 2 aromatic carbocycles. The summed E-state index contributed by atoms with van der Waals surface area (Å²) in [7, 11) is 3.14. The van der Waals surface area contributed by atoms with Crippen molar-refractivity contribution < 1.29 is 19.0 Å². The van der Waals surface area contributed by atoms with Crippen LogP contribution < -0.4 is 9.47 Å². The van der Waals surface area contributed by atoms with Crippen molar-refractivity contribution in [1.29, 1.82) is 0 Å². The number of carbonyl (C=O) groups excluding carboxylic acids is 1. The summed E-state index contributed by atoms with van der Waals surface area (Å²) in [5.74, 6) is 0.851. The number of methoxy groups -OCH3 is 2. The van der Waals surface area contributed by atoms with Gasteiger partial charge in [-0.3, -0.25) is 14.5 Å². The standard InChI is InChI=1S/C25H25N5O4/c1-15-18(9-27-28-15)16-4-5-20-19(6-16)26-14-30(20)17-7-21(32-2)23(22(8-17)33-3)24(31)29-10-25(11-29)12-34-13-25/h4-9,14H,10-13H2,1-3H3,(H,27,28). The van der Waals surface area contributed by atoms with Gasteiger partial charge in [0, 0.05) is 37.0 Å². The lowest BCUT2D eigenvalue weighted by molar-refractivity contribution is -0.176. The highest BCUT2D eigenvalue weighted by molar-refractivity contribution is 6.01. The average molecular weight is 460 g/mol.